The third-order valence-electron chi connectivity index (χ3n) is 3.09. The summed E-state index contributed by atoms with van der Waals surface area (Å²) in [6.45, 7) is 6.22. The summed E-state index contributed by atoms with van der Waals surface area (Å²) in [7, 11) is 0. The molecule has 0 unspecified atom stereocenters. The fourth-order valence-corrected chi connectivity index (χ4v) is 2.18. The smallest absolute Gasteiger partial charge is 0.128 e. The van der Waals surface area contributed by atoms with Crippen molar-refractivity contribution >= 4 is 11.6 Å². The first kappa shape index (κ1) is 14.9. The van der Waals surface area contributed by atoms with Gasteiger partial charge in [0.05, 0.1) is 0 Å². The zero-order chi connectivity index (χ0) is 14.4. The SMILES string of the molecule is CCCNCc1ccc(Oc2cccc(Cl)c2)cc1C. The van der Waals surface area contributed by atoms with Crippen LogP contribution in [0.25, 0.3) is 0 Å². The van der Waals surface area contributed by atoms with Gasteiger partial charge in [0.25, 0.3) is 0 Å². The first-order chi connectivity index (χ1) is 9.69. The second-order valence-corrected chi connectivity index (χ2v) is 5.26. The number of ether oxygens (including phenoxy) is 1. The molecule has 2 rings (SSSR count). The Bertz CT molecular complexity index is 569. The van der Waals surface area contributed by atoms with E-state index in [4.69, 9.17) is 16.3 Å². The largest absolute Gasteiger partial charge is 0.457 e. The molecule has 1 N–H and O–H groups in total. The third-order valence-corrected chi connectivity index (χ3v) is 3.32. The van der Waals surface area contributed by atoms with Gasteiger partial charge in [0, 0.05) is 11.6 Å². The van der Waals surface area contributed by atoms with E-state index >= 15 is 0 Å². The van der Waals surface area contributed by atoms with Crippen molar-refractivity contribution in [2.24, 2.45) is 0 Å². The molecule has 0 bridgehead atoms. The van der Waals surface area contributed by atoms with Crippen LogP contribution in [0.3, 0.4) is 0 Å². The van der Waals surface area contributed by atoms with Crippen LogP contribution in [0.4, 0.5) is 0 Å². The molecule has 0 amide bonds. The van der Waals surface area contributed by atoms with Gasteiger partial charge in [-0.3, -0.25) is 0 Å². The molecule has 0 saturated heterocycles. The van der Waals surface area contributed by atoms with E-state index < -0.39 is 0 Å². The Morgan fingerprint density at radius 3 is 2.60 bits per heavy atom. The summed E-state index contributed by atoms with van der Waals surface area (Å²) in [6.07, 6.45) is 1.15. The molecule has 0 saturated carbocycles. The van der Waals surface area contributed by atoms with Crippen LogP contribution in [0.5, 0.6) is 11.5 Å². The van der Waals surface area contributed by atoms with Gasteiger partial charge in [-0.2, -0.15) is 0 Å². The minimum absolute atomic E-state index is 0.680. The molecular weight excluding hydrogens is 270 g/mol. The monoisotopic (exact) mass is 289 g/mol. The van der Waals surface area contributed by atoms with Gasteiger partial charge in [-0.1, -0.05) is 30.7 Å². The van der Waals surface area contributed by atoms with Crippen molar-refractivity contribution < 1.29 is 4.74 Å². The van der Waals surface area contributed by atoms with Crippen LogP contribution in [0.1, 0.15) is 24.5 Å². The van der Waals surface area contributed by atoms with Crippen molar-refractivity contribution in [2.45, 2.75) is 26.8 Å². The highest BCUT2D eigenvalue weighted by Gasteiger charge is 2.02. The second-order valence-electron chi connectivity index (χ2n) is 4.82. The summed E-state index contributed by atoms with van der Waals surface area (Å²) in [6, 6.07) is 13.6. The molecule has 0 spiro atoms. The minimum Gasteiger partial charge on any atom is -0.457 e. The Morgan fingerprint density at radius 1 is 1.10 bits per heavy atom. The molecule has 3 heteroatoms. The lowest BCUT2D eigenvalue weighted by Gasteiger charge is -2.11. The van der Waals surface area contributed by atoms with Crippen LogP contribution >= 0.6 is 11.6 Å². The molecule has 0 aliphatic carbocycles. The molecule has 2 nitrogen and oxygen atoms in total. The van der Waals surface area contributed by atoms with Crippen LogP contribution in [-0.4, -0.2) is 6.54 Å². The fourth-order valence-electron chi connectivity index (χ4n) is 2.00. The van der Waals surface area contributed by atoms with Crippen molar-refractivity contribution in [1.82, 2.24) is 5.32 Å². The zero-order valence-corrected chi connectivity index (χ0v) is 12.7. The molecule has 20 heavy (non-hydrogen) atoms. The maximum atomic E-state index is 5.95. The van der Waals surface area contributed by atoms with E-state index in [1.54, 1.807) is 0 Å². The maximum Gasteiger partial charge on any atom is 0.128 e. The average molecular weight is 290 g/mol. The van der Waals surface area contributed by atoms with Gasteiger partial charge in [-0.15, -0.1) is 0 Å². The highest BCUT2D eigenvalue weighted by atomic mass is 35.5. The van der Waals surface area contributed by atoms with Crippen molar-refractivity contribution in [3.63, 3.8) is 0 Å². The predicted octanol–water partition coefficient (Wildman–Crippen LogP) is 4.94. The zero-order valence-electron chi connectivity index (χ0n) is 11.9. The highest BCUT2D eigenvalue weighted by Crippen LogP contribution is 2.25. The topological polar surface area (TPSA) is 21.3 Å². The number of hydrogen-bond acceptors (Lipinski definition) is 2. The molecule has 0 atom stereocenters. The minimum atomic E-state index is 0.680. The molecule has 0 aliphatic heterocycles. The first-order valence-corrected chi connectivity index (χ1v) is 7.30. The number of benzene rings is 2. The Kier molecular flexibility index (Phi) is 5.45. The normalized spacial score (nSPS) is 10.6. The molecule has 106 valence electrons. The van der Waals surface area contributed by atoms with Crippen LogP contribution in [0.2, 0.25) is 5.02 Å². The summed E-state index contributed by atoms with van der Waals surface area (Å²) in [5.74, 6) is 1.60. The van der Waals surface area contributed by atoms with Crippen LogP contribution in [-0.2, 0) is 6.54 Å². The maximum absolute atomic E-state index is 5.95. The molecule has 2 aromatic carbocycles. The van der Waals surface area contributed by atoms with E-state index in [-0.39, 0.29) is 0 Å². The highest BCUT2D eigenvalue weighted by molar-refractivity contribution is 6.30. The summed E-state index contributed by atoms with van der Waals surface area (Å²) in [4.78, 5) is 0. The Hall–Kier alpha value is -1.51. The average Bonchev–Trinajstić information content (AvgIpc) is 2.41. The van der Waals surface area contributed by atoms with Gasteiger partial charge < -0.3 is 10.1 Å². The van der Waals surface area contributed by atoms with Gasteiger partial charge in [-0.25, -0.2) is 0 Å². The van der Waals surface area contributed by atoms with E-state index in [0.717, 1.165) is 31.0 Å². The van der Waals surface area contributed by atoms with Gasteiger partial charge in [-0.05, 0) is 61.3 Å². The number of nitrogens with one attached hydrogen (secondary N) is 1. The standard InChI is InChI=1S/C17H20ClNO/c1-3-9-19-12-14-7-8-17(10-13(14)2)20-16-6-4-5-15(18)11-16/h4-8,10-11,19H,3,9,12H2,1-2H3. The Labute approximate surface area is 125 Å². The van der Waals surface area contributed by atoms with E-state index in [2.05, 4.69) is 31.3 Å². The van der Waals surface area contributed by atoms with Crippen LogP contribution in [0.15, 0.2) is 42.5 Å². The summed E-state index contributed by atoms with van der Waals surface area (Å²) in [5, 5.41) is 4.09. The summed E-state index contributed by atoms with van der Waals surface area (Å²) in [5.41, 5.74) is 2.53. The van der Waals surface area contributed by atoms with E-state index in [0.29, 0.717) is 5.02 Å². The van der Waals surface area contributed by atoms with Gasteiger partial charge in [0.2, 0.25) is 0 Å². The fraction of sp³-hybridized carbons (Fsp3) is 0.294. The van der Waals surface area contributed by atoms with Gasteiger partial charge in [0.1, 0.15) is 11.5 Å². The number of hydrogen-bond donors (Lipinski definition) is 1. The van der Waals surface area contributed by atoms with E-state index in [9.17, 15) is 0 Å². The second kappa shape index (κ2) is 7.32. The van der Waals surface area contributed by atoms with Crippen molar-refractivity contribution in [3.05, 3.63) is 58.6 Å². The summed E-state index contributed by atoms with van der Waals surface area (Å²) >= 11 is 5.95. The van der Waals surface area contributed by atoms with Crippen LogP contribution in [0, 0.1) is 6.92 Å². The third kappa shape index (κ3) is 4.26. The Balaban J connectivity index is 2.05. The van der Waals surface area contributed by atoms with E-state index in [1.165, 1.54) is 11.1 Å². The van der Waals surface area contributed by atoms with Crippen molar-refractivity contribution in [1.29, 1.82) is 0 Å². The lowest BCUT2D eigenvalue weighted by Crippen LogP contribution is -2.14. The van der Waals surface area contributed by atoms with Gasteiger partial charge >= 0.3 is 0 Å². The van der Waals surface area contributed by atoms with Crippen molar-refractivity contribution in [3.8, 4) is 11.5 Å². The van der Waals surface area contributed by atoms with Gasteiger partial charge in [0.15, 0.2) is 0 Å². The van der Waals surface area contributed by atoms with E-state index in [1.807, 2.05) is 30.3 Å². The summed E-state index contributed by atoms with van der Waals surface area (Å²) < 4.78 is 5.82. The number of rotatable bonds is 6. The van der Waals surface area contributed by atoms with Crippen molar-refractivity contribution in [2.75, 3.05) is 6.54 Å². The lowest BCUT2D eigenvalue weighted by molar-refractivity contribution is 0.482. The molecule has 0 fully saturated rings. The van der Waals surface area contributed by atoms with Crippen LogP contribution < -0.4 is 10.1 Å². The molecule has 2 aromatic rings. The number of aryl methyl sites for hydroxylation is 1. The Morgan fingerprint density at radius 2 is 1.90 bits per heavy atom. The first-order valence-electron chi connectivity index (χ1n) is 6.92. The molecular formula is C17H20ClNO. The molecule has 0 heterocycles. The molecule has 0 aromatic heterocycles. The quantitative estimate of drug-likeness (QED) is 0.761. The lowest BCUT2D eigenvalue weighted by atomic mass is 10.1. The molecule has 0 radical (unpaired) electrons. The molecule has 0 aliphatic rings. The predicted molar refractivity (Wildman–Crippen MR) is 84.7 cm³/mol. The number of halogens is 1.